The van der Waals surface area contributed by atoms with Crippen LogP contribution in [0.25, 0.3) is 0 Å². The van der Waals surface area contributed by atoms with Crippen molar-refractivity contribution in [2.45, 2.75) is 33.8 Å². The van der Waals surface area contributed by atoms with Crippen LogP contribution in [0, 0.1) is 5.41 Å². The van der Waals surface area contributed by atoms with Gasteiger partial charge in [0.15, 0.2) is 0 Å². The summed E-state index contributed by atoms with van der Waals surface area (Å²) >= 11 is 0. The van der Waals surface area contributed by atoms with E-state index in [1.54, 1.807) is 0 Å². The monoisotopic (exact) mass is 570 g/mol. The molecule has 0 aliphatic heterocycles. The number of rotatable bonds is 9. The highest BCUT2D eigenvalue weighted by molar-refractivity contribution is 9.19. The summed E-state index contributed by atoms with van der Waals surface area (Å²) in [5, 5.41) is 0. The van der Waals surface area contributed by atoms with Crippen LogP contribution in [0.1, 0.15) is 27.7 Å². The van der Waals surface area contributed by atoms with E-state index in [0.29, 0.717) is 0 Å². The molecule has 0 aromatic carbocycles. The fourth-order valence-corrected chi connectivity index (χ4v) is 97.5. The Morgan fingerprint density at radius 1 is 0.875 bits per heavy atom. The molecule has 0 radical (unpaired) electrons. The number of hydrogen-bond donors (Lipinski definition) is 0. The molecule has 14 heteroatoms. The van der Waals surface area contributed by atoms with Crippen molar-refractivity contribution in [1.29, 1.82) is 0 Å². The van der Waals surface area contributed by atoms with Crippen molar-refractivity contribution >= 4 is 105 Å². The smallest absolute Gasteiger partial charge is 0.0965 e. The molecule has 0 aromatic heterocycles. The molecule has 0 amide bonds. The average Bonchev–Trinajstić information content (AvgIpc) is 2.38. The molecule has 142 valence electrons. The van der Waals surface area contributed by atoms with Crippen LogP contribution < -0.4 is 0 Å². The van der Waals surface area contributed by atoms with Crippen molar-refractivity contribution in [3.63, 3.8) is 0 Å². The van der Waals surface area contributed by atoms with Gasteiger partial charge in [0.2, 0.25) is 0 Å². The van der Waals surface area contributed by atoms with Crippen molar-refractivity contribution in [2.75, 3.05) is 0 Å². The second kappa shape index (κ2) is 13.4. The third-order valence-electron chi connectivity index (χ3n) is 2.83. The van der Waals surface area contributed by atoms with Gasteiger partial charge in [-0.25, -0.2) is 0 Å². The van der Waals surface area contributed by atoms with Crippen molar-refractivity contribution in [3.8, 4) is 0 Å². The molecule has 0 aliphatic carbocycles. The van der Waals surface area contributed by atoms with E-state index >= 15 is 0 Å². The molecule has 0 aromatic rings. The predicted octanol–water partition coefficient (Wildman–Crippen LogP) is 10.5. The molecular weight excluding hydrogens is 539 g/mol. The fraction of sp³-hybridized carbons (Fsp3) is 0.600. The minimum Gasteiger partial charge on any atom is -0.340 e. The normalized spacial score (nSPS) is 16.8. The van der Waals surface area contributed by atoms with Crippen molar-refractivity contribution < 1.29 is 4.52 Å². The SMILES string of the molecule is C=C(C)C(=C)[C@H](OP(P(P)P(P)P)P(P(P)P)P(P)P)C(C)(C)C. The molecule has 0 N–H and O–H groups in total. The van der Waals surface area contributed by atoms with Crippen LogP contribution in [0.3, 0.4) is 0 Å². The zero-order valence-corrected chi connectivity index (χ0v) is 28.1. The first-order valence-corrected chi connectivity index (χ1v) is 29.6. The maximum absolute atomic E-state index is 6.96. The first-order valence-electron chi connectivity index (χ1n) is 6.76. The van der Waals surface area contributed by atoms with E-state index in [0.717, 1.165) is 11.1 Å². The van der Waals surface area contributed by atoms with Gasteiger partial charge in [-0.1, -0.05) is 48.4 Å². The largest absolute Gasteiger partial charge is 0.340 e. The molecule has 0 bridgehead atoms. The van der Waals surface area contributed by atoms with Crippen molar-refractivity contribution in [2.24, 2.45) is 5.41 Å². The molecular formula is C10H31OP13. The molecule has 10 atom stereocenters. The van der Waals surface area contributed by atoms with Gasteiger partial charge in [-0.15, -0.1) is 53.6 Å². The highest BCUT2D eigenvalue weighted by atomic mass is 33.2. The zero-order valence-electron chi connectivity index (χ0n) is 14.6. The van der Waals surface area contributed by atoms with Gasteiger partial charge in [0.25, 0.3) is 0 Å². The second-order valence-electron chi connectivity index (χ2n) is 6.14. The summed E-state index contributed by atoms with van der Waals surface area (Å²) in [4.78, 5) is 0. The van der Waals surface area contributed by atoms with Crippen LogP contribution in [-0.4, -0.2) is 6.10 Å². The second-order valence-corrected chi connectivity index (χ2v) is 54.9. The van der Waals surface area contributed by atoms with Gasteiger partial charge < -0.3 is 4.52 Å². The Bertz CT molecular complexity index is 423. The lowest BCUT2D eigenvalue weighted by Crippen LogP contribution is -2.29. The lowest BCUT2D eigenvalue weighted by atomic mass is 9.83. The summed E-state index contributed by atoms with van der Waals surface area (Å²) < 4.78 is 6.96. The van der Waals surface area contributed by atoms with Crippen LogP contribution in [0.5, 0.6) is 0 Å². The Balaban J connectivity index is 5.87. The minimum absolute atomic E-state index is 0.0119. The highest BCUT2D eigenvalue weighted by Gasteiger charge is 2.40. The van der Waals surface area contributed by atoms with E-state index in [-0.39, 0.29) is 46.5 Å². The van der Waals surface area contributed by atoms with Gasteiger partial charge in [-0.2, -0.15) is 0 Å². The molecule has 0 spiro atoms. The quantitative estimate of drug-likeness (QED) is 0.198. The van der Waals surface area contributed by atoms with Crippen LogP contribution in [0.15, 0.2) is 24.3 Å². The topological polar surface area (TPSA) is 9.23 Å². The molecule has 1 nitrogen and oxygen atoms in total. The Hall–Kier alpha value is 5.03. The molecule has 0 saturated heterocycles. The van der Waals surface area contributed by atoms with Gasteiger partial charge >= 0.3 is 0 Å². The fourth-order valence-electron chi connectivity index (χ4n) is 1.62. The summed E-state index contributed by atoms with van der Waals surface area (Å²) in [6.07, 6.45) is 0.0245. The Labute approximate surface area is 172 Å². The summed E-state index contributed by atoms with van der Waals surface area (Å²) in [7, 11) is 20.9. The van der Waals surface area contributed by atoms with Crippen LogP contribution in [0.4, 0.5) is 0 Å². The third kappa shape index (κ3) is 9.89. The zero-order chi connectivity index (χ0) is 19.4. The molecule has 9 unspecified atom stereocenters. The molecule has 0 fully saturated rings. The summed E-state index contributed by atoms with van der Waals surface area (Å²) in [5.41, 5.74) is 2.08. The van der Waals surface area contributed by atoms with Gasteiger partial charge in [0.1, 0.15) is 0 Å². The number of hydrogen-bond acceptors (Lipinski definition) is 1. The van der Waals surface area contributed by atoms with Gasteiger partial charge in [0.05, 0.1) is 13.6 Å². The maximum atomic E-state index is 6.96. The molecule has 0 heterocycles. The first-order chi connectivity index (χ1) is 10.7. The van der Waals surface area contributed by atoms with Gasteiger partial charge in [0, 0.05) is 14.0 Å². The molecule has 0 rings (SSSR count). The van der Waals surface area contributed by atoms with Crippen LogP contribution in [-0.2, 0) is 4.52 Å². The Morgan fingerprint density at radius 3 is 1.54 bits per heavy atom. The van der Waals surface area contributed by atoms with E-state index in [2.05, 4.69) is 96.4 Å². The van der Waals surface area contributed by atoms with E-state index < -0.39 is 7.53 Å². The van der Waals surface area contributed by atoms with Gasteiger partial charge in [-0.3, -0.25) is 0 Å². The third-order valence-corrected chi connectivity index (χ3v) is 73.6. The Kier molecular flexibility index (Phi) is 16.3. The molecule has 0 saturated carbocycles. The predicted molar refractivity (Wildman–Crippen MR) is 158 cm³/mol. The first kappa shape index (κ1) is 29.0. The average molecular weight is 570 g/mol. The minimum atomic E-state index is -0.512. The van der Waals surface area contributed by atoms with Crippen molar-refractivity contribution in [1.82, 2.24) is 0 Å². The standard InChI is InChI=1S/C10H31OP13/c1-7(2)8(3)9(10(4,5)6)11-19(23(18)20(12)13)24(21(14)15)22(16)17/h9H,1,3,12-18H2,2,4-6H3/t9-,19?,23?/m0/s1. The van der Waals surface area contributed by atoms with E-state index in [1.807, 2.05) is 6.92 Å². The highest BCUT2D eigenvalue weighted by Crippen LogP contribution is 3.17. The van der Waals surface area contributed by atoms with E-state index in [1.165, 1.54) is 0 Å². The van der Waals surface area contributed by atoms with Crippen LogP contribution >= 0.6 is 105 Å². The summed E-state index contributed by atoms with van der Waals surface area (Å²) in [6, 6.07) is 0. The van der Waals surface area contributed by atoms with E-state index in [9.17, 15) is 0 Å². The lowest BCUT2D eigenvalue weighted by Gasteiger charge is -2.42. The van der Waals surface area contributed by atoms with Crippen molar-refractivity contribution in [3.05, 3.63) is 24.3 Å². The molecule has 24 heavy (non-hydrogen) atoms. The van der Waals surface area contributed by atoms with Crippen LogP contribution in [0.2, 0.25) is 0 Å². The summed E-state index contributed by atoms with van der Waals surface area (Å²) in [6.45, 7) is 16.2. The lowest BCUT2D eigenvalue weighted by molar-refractivity contribution is 0.141. The van der Waals surface area contributed by atoms with E-state index in [4.69, 9.17) is 4.52 Å². The molecule has 0 aliphatic rings. The van der Waals surface area contributed by atoms with Gasteiger partial charge in [-0.05, 0) is 38.9 Å². The maximum Gasteiger partial charge on any atom is 0.0965 e. The summed E-state index contributed by atoms with van der Waals surface area (Å²) in [5.74, 6) is 0. The Morgan fingerprint density at radius 2 is 1.29 bits per heavy atom.